The average molecular weight is 388 g/mol. The van der Waals surface area contributed by atoms with Gasteiger partial charge < -0.3 is 9.15 Å². The first-order valence-electron chi connectivity index (χ1n) is 7.35. The van der Waals surface area contributed by atoms with E-state index in [1.807, 2.05) is 12.1 Å². The van der Waals surface area contributed by atoms with Gasteiger partial charge in [-0.25, -0.2) is 13.2 Å². The SMILES string of the molecule is COC(=O)c1sccc1S(=O)(=O)N1CCSC(c2ccco2)CC1. The predicted molar refractivity (Wildman–Crippen MR) is 92.9 cm³/mol. The van der Waals surface area contributed by atoms with E-state index in [2.05, 4.69) is 4.74 Å². The van der Waals surface area contributed by atoms with Crippen LogP contribution in [0.3, 0.4) is 0 Å². The number of carbonyl (C=O) groups excluding carboxylic acids is 1. The molecule has 3 heterocycles. The van der Waals surface area contributed by atoms with Crippen molar-refractivity contribution in [1.29, 1.82) is 0 Å². The molecule has 130 valence electrons. The monoisotopic (exact) mass is 387 g/mol. The number of thiophene rings is 1. The molecule has 6 nitrogen and oxygen atoms in total. The van der Waals surface area contributed by atoms with E-state index < -0.39 is 16.0 Å². The minimum Gasteiger partial charge on any atom is -0.468 e. The zero-order valence-electron chi connectivity index (χ0n) is 13.0. The smallest absolute Gasteiger partial charge is 0.349 e. The molecule has 3 rings (SSSR count). The normalized spacial score (nSPS) is 19.8. The van der Waals surface area contributed by atoms with Crippen LogP contribution in [-0.2, 0) is 14.8 Å². The highest BCUT2D eigenvalue weighted by Gasteiger charge is 2.33. The Hall–Kier alpha value is -1.29. The number of ether oxygens (including phenoxy) is 1. The van der Waals surface area contributed by atoms with Crippen molar-refractivity contribution in [2.45, 2.75) is 16.6 Å². The number of nitrogens with zero attached hydrogens (tertiary/aromatic N) is 1. The van der Waals surface area contributed by atoms with Crippen LogP contribution in [0.4, 0.5) is 0 Å². The Labute approximate surface area is 148 Å². The number of hydrogen-bond acceptors (Lipinski definition) is 7. The maximum absolute atomic E-state index is 12.9. The van der Waals surface area contributed by atoms with Gasteiger partial charge in [0, 0.05) is 18.8 Å². The van der Waals surface area contributed by atoms with Crippen molar-refractivity contribution in [3.8, 4) is 0 Å². The van der Waals surface area contributed by atoms with Crippen LogP contribution in [0.1, 0.15) is 27.1 Å². The standard InChI is InChI=1S/C15H17NO5S3/c1-20-15(17)14-13(5-9-23-14)24(18,19)16-6-4-12(22-10-7-16)11-3-2-8-21-11/h2-3,5,8-9,12H,4,6-7,10H2,1H3. The summed E-state index contributed by atoms with van der Waals surface area (Å²) in [5.74, 6) is 0.911. The summed E-state index contributed by atoms with van der Waals surface area (Å²) >= 11 is 2.76. The highest BCUT2D eigenvalue weighted by molar-refractivity contribution is 7.99. The largest absolute Gasteiger partial charge is 0.468 e. The molecule has 1 unspecified atom stereocenters. The number of rotatable bonds is 4. The molecule has 1 aliphatic rings. The number of furan rings is 1. The Kier molecular flexibility index (Phi) is 5.33. The molecule has 1 saturated heterocycles. The van der Waals surface area contributed by atoms with Crippen molar-refractivity contribution in [2.75, 3.05) is 26.0 Å². The summed E-state index contributed by atoms with van der Waals surface area (Å²) < 4.78 is 37.4. The van der Waals surface area contributed by atoms with E-state index in [1.165, 1.54) is 17.5 Å². The van der Waals surface area contributed by atoms with Crippen LogP contribution in [-0.4, -0.2) is 44.6 Å². The van der Waals surface area contributed by atoms with Gasteiger partial charge in [-0.05, 0) is 30.0 Å². The van der Waals surface area contributed by atoms with Crippen LogP contribution in [0.2, 0.25) is 0 Å². The van der Waals surface area contributed by atoms with E-state index in [4.69, 9.17) is 4.42 Å². The number of sulfonamides is 1. The summed E-state index contributed by atoms with van der Waals surface area (Å²) in [6.45, 7) is 0.790. The first-order valence-corrected chi connectivity index (χ1v) is 10.7. The van der Waals surface area contributed by atoms with Gasteiger partial charge >= 0.3 is 5.97 Å². The molecule has 9 heteroatoms. The number of methoxy groups -OCH3 is 1. The molecule has 0 spiro atoms. The van der Waals surface area contributed by atoms with Crippen LogP contribution in [0, 0.1) is 0 Å². The molecule has 24 heavy (non-hydrogen) atoms. The highest BCUT2D eigenvalue weighted by atomic mass is 32.2. The molecule has 0 aromatic carbocycles. The van der Waals surface area contributed by atoms with Crippen molar-refractivity contribution in [2.24, 2.45) is 0 Å². The van der Waals surface area contributed by atoms with Gasteiger partial charge in [0.2, 0.25) is 10.0 Å². The quantitative estimate of drug-likeness (QED) is 0.751. The lowest BCUT2D eigenvalue weighted by Crippen LogP contribution is -2.33. The lowest BCUT2D eigenvalue weighted by Gasteiger charge is -2.19. The fraction of sp³-hybridized carbons (Fsp3) is 0.400. The number of esters is 1. The minimum atomic E-state index is -3.72. The van der Waals surface area contributed by atoms with Crippen molar-refractivity contribution >= 4 is 39.1 Å². The zero-order valence-corrected chi connectivity index (χ0v) is 15.5. The molecule has 0 saturated carbocycles. The molecular formula is C15H17NO5S3. The molecular weight excluding hydrogens is 370 g/mol. The van der Waals surface area contributed by atoms with Crippen molar-refractivity contribution < 1.29 is 22.4 Å². The summed E-state index contributed by atoms with van der Waals surface area (Å²) in [4.78, 5) is 11.9. The molecule has 1 atom stereocenters. The lowest BCUT2D eigenvalue weighted by molar-refractivity contribution is 0.0602. The van der Waals surface area contributed by atoms with Gasteiger partial charge in [0.05, 0.1) is 18.6 Å². The Morgan fingerprint density at radius 1 is 1.38 bits per heavy atom. The Balaban J connectivity index is 1.81. The van der Waals surface area contributed by atoms with Crippen LogP contribution < -0.4 is 0 Å². The summed E-state index contributed by atoms with van der Waals surface area (Å²) in [6.07, 6.45) is 2.29. The third kappa shape index (κ3) is 3.39. The van der Waals surface area contributed by atoms with E-state index in [1.54, 1.807) is 23.4 Å². The fourth-order valence-corrected chi connectivity index (χ4v) is 6.63. The van der Waals surface area contributed by atoms with Crippen molar-refractivity contribution in [3.05, 3.63) is 40.5 Å². The zero-order chi connectivity index (χ0) is 17.2. The van der Waals surface area contributed by atoms with E-state index in [-0.39, 0.29) is 15.0 Å². The van der Waals surface area contributed by atoms with E-state index in [0.29, 0.717) is 25.3 Å². The van der Waals surface area contributed by atoms with Crippen molar-refractivity contribution in [3.63, 3.8) is 0 Å². The molecule has 1 aliphatic heterocycles. The third-order valence-electron chi connectivity index (χ3n) is 3.78. The second kappa shape index (κ2) is 7.30. The molecule has 0 aliphatic carbocycles. The topological polar surface area (TPSA) is 76.8 Å². The molecule has 0 amide bonds. The van der Waals surface area contributed by atoms with Crippen LogP contribution in [0.5, 0.6) is 0 Å². The maximum atomic E-state index is 12.9. The van der Waals surface area contributed by atoms with Gasteiger partial charge in [0.1, 0.15) is 15.5 Å². The summed E-state index contributed by atoms with van der Waals surface area (Å²) in [7, 11) is -2.48. The first-order chi connectivity index (χ1) is 11.5. The van der Waals surface area contributed by atoms with Gasteiger partial charge in [0.25, 0.3) is 0 Å². The molecule has 0 N–H and O–H groups in total. The molecule has 0 bridgehead atoms. The third-order valence-corrected chi connectivity index (χ3v) is 8.03. The van der Waals surface area contributed by atoms with Gasteiger partial charge in [-0.1, -0.05) is 0 Å². The Morgan fingerprint density at radius 3 is 2.92 bits per heavy atom. The first kappa shape index (κ1) is 17.5. The lowest BCUT2D eigenvalue weighted by atomic mass is 10.2. The van der Waals surface area contributed by atoms with E-state index >= 15 is 0 Å². The highest BCUT2D eigenvalue weighted by Crippen LogP contribution is 2.36. The van der Waals surface area contributed by atoms with Crippen molar-refractivity contribution in [1.82, 2.24) is 4.31 Å². The Morgan fingerprint density at radius 2 is 2.21 bits per heavy atom. The molecule has 2 aromatic heterocycles. The van der Waals surface area contributed by atoms with Crippen LogP contribution >= 0.6 is 23.1 Å². The predicted octanol–water partition coefficient (Wildman–Crippen LogP) is 3.00. The number of thioether (sulfide) groups is 1. The molecule has 0 radical (unpaired) electrons. The summed E-state index contributed by atoms with van der Waals surface area (Å²) in [6, 6.07) is 5.22. The van der Waals surface area contributed by atoms with Crippen LogP contribution in [0.25, 0.3) is 0 Å². The van der Waals surface area contributed by atoms with E-state index in [0.717, 1.165) is 17.1 Å². The number of hydrogen-bond donors (Lipinski definition) is 0. The van der Waals surface area contributed by atoms with Gasteiger partial charge in [-0.2, -0.15) is 4.31 Å². The second-order valence-corrected chi connectivity index (χ2v) is 9.31. The van der Waals surface area contributed by atoms with Crippen LogP contribution in [0.15, 0.2) is 39.2 Å². The van der Waals surface area contributed by atoms with Gasteiger partial charge in [-0.15, -0.1) is 23.1 Å². The number of carbonyl (C=O) groups is 1. The van der Waals surface area contributed by atoms with E-state index in [9.17, 15) is 13.2 Å². The molecule has 2 aromatic rings. The second-order valence-electron chi connectivity index (χ2n) is 5.17. The molecule has 1 fully saturated rings. The summed E-state index contributed by atoms with van der Waals surface area (Å²) in [5.41, 5.74) is 0. The maximum Gasteiger partial charge on any atom is 0.349 e. The average Bonchev–Trinajstić information content (AvgIpc) is 3.22. The Bertz CT molecular complexity index is 797. The van der Waals surface area contributed by atoms with Gasteiger partial charge in [-0.3, -0.25) is 0 Å². The van der Waals surface area contributed by atoms with Gasteiger partial charge in [0.15, 0.2) is 0 Å². The fourth-order valence-electron chi connectivity index (χ4n) is 2.57. The summed E-state index contributed by atoms with van der Waals surface area (Å²) in [5, 5.41) is 1.74. The minimum absolute atomic E-state index is 0.0285.